The van der Waals surface area contributed by atoms with Gasteiger partial charge in [0.1, 0.15) is 11.5 Å². The zero-order chi connectivity index (χ0) is 13.2. The second kappa shape index (κ2) is 6.44. The number of amides is 1. The number of halogens is 1. The van der Waals surface area contributed by atoms with Gasteiger partial charge in [0, 0.05) is 12.6 Å². The molecule has 1 aliphatic carbocycles. The molecular weight excluding hydrogens is 274 g/mol. The number of nitrogens with zero attached hydrogens (tertiary/aromatic N) is 2. The number of anilines is 1. The molecule has 2 atom stereocenters. The van der Waals surface area contributed by atoms with Gasteiger partial charge in [0.25, 0.3) is 5.91 Å². The number of nitrogen functional groups attached to an aromatic ring is 1. The van der Waals surface area contributed by atoms with E-state index in [1.807, 2.05) is 0 Å². The summed E-state index contributed by atoms with van der Waals surface area (Å²) in [5.74, 6) is 1.18. The van der Waals surface area contributed by atoms with Crippen LogP contribution in [0.3, 0.4) is 0 Å². The van der Waals surface area contributed by atoms with Crippen LogP contribution in [0.2, 0.25) is 0 Å². The van der Waals surface area contributed by atoms with Crippen LogP contribution in [0.4, 0.5) is 5.82 Å². The van der Waals surface area contributed by atoms with Crippen molar-refractivity contribution < 1.29 is 4.79 Å². The molecule has 0 aromatic carbocycles. The van der Waals surface area contributed by atoms with Gasteiger partial charge in [0.05, 0.1) is 0 Å². The number of carbonyl (C=O) groups excluding carboxylic acids is 1. The number of fused-ring (bicyclic) bond motifs is 1. The number of hydrogen-bond donors (Lipinski definition) is 1. The summed E-state index contributed by atoms with van der Waals surface area (Å²) >= 11 is 0. The highest BCUT2D eigenvalue weighted by atomic mass is 35.5. The predicted octanol–water partition coefficient (Wildman–Crippen LogP) is 2.88. The van der Waals surface area contributed by atoms with Crippen molar-refractivity contribution in [1.82, 2.24) is 9.88 Å². The summed E-state index contributed by atoms with van der Waals surface area (Å²) in [4.78, 5) is 18.8. The number of aromatic nitrogens is 1. The zero-order valence-electron chi connectivity index (χ0n) is 11.6. The molecule has 0 spiro atoms. The molecular formula is C15H22ClN3O. The Morgan fingerprint density at radius 2 is 1.95 bits per heavy atom. The molecule has 1 aromatic heterocycles. The number of piperidine rings is 1. The molecule has 2 unspecified atom stereocenters. The van der Waals surface area contributed by atoms with Crippen LogP contribution >= 0.6 is 12.4 Å². The summed E-state index contributed by atoms with van der Waals surface area (Å²) in [6.07, 6.45) is 7.39. The van der Waals surface area contributed by atoms with Crippen molar-refractivity contribution in [3.8, 4) is 0 Å². The molecule has 4 nitrogen and oxygen atoms in total. The van der Waals surface area contributed by atoms with Crippen molar-refractivity contribution in [3.05, 3.63) is 23.9 Å². The van der Waals surface area contributed by atoms with Gasteiger partial charge in [0.15, 0.2) is 0 Å². The Morgan fingerprint density at radius 1 is 1.20 bits per heavy atom. The molecule has 1 saturated carbocycles. The second-order valence-corrected chi connectivity index (χ2v) is 5.70. The van der Waals surface area contributed by atoms with Crippen molar-refractivity contribution in [3.63, 3.8) is 0 Å². The van der Waals surface area contributed by atoms with Gasteiger partial charge < -0.3 is 10.6 Å². The fourth-order valence-corrected chi connectivity index (χ4v) is 3.59. The van der Waals surface area contributed by atoms with E-state index in [1.165, 1.54) is 25.7 Å². The van der Waals surface area contributed by atoms with Crippen LogP contribution in [0.1, 0.15) is 49.0 Å². The van der Waals surface area contributed by atoms with E-state index in [4.69, 9.17) is 5.73 Å². The maximum atomic E-state index is 12.6. The number of nitrogens with two attached hydrogens (primary N) is 1. The van der Waals surface area contributed by atoms with Gasteiger partial charge in [-0.15, -0.1) is 12.4 Å². The molecule has 2 fully saturated rings. The lowest BCUT2D eigenvalue weighted by Gasteiger charge is -2.44. The molecule has 0 bridgehead atoms. The van der Waals surface area contributed by atoms with Crippen LogP contribution in [0.15, 0.2) is 18.2 Å². The maximum absolute atomic E-state index is 12.6. The molecule has 1 aromatic rings. The van der Waals surface area contributed by atoms with Gasteiger partial charge in [-0.3, -0.25) is 4.79 Å². The summed E-state index contributed by atoms with van der Waals surface area (Å²) in [6.45, 7) is 0.872. The van der Waals surface area contributed by atoms with Crippen LogP contribution < -0.4 is 5.73 Å². The first kappa shape index (κ1) is 15.1. The van der Waals surface area contributed by atoms with E-state index >= 15 is 0 Å². The van der Waals surface area contributed by atoms with Gasteiger partial charge in [-0.05, 0) is 43.7 Å². The molecule has 110 valence electrons. The van der Waals surface area contributed by atoms with E-state index in [0.717, 1.165) is 19.4 Å². The number of likely N-dealkylation sites (tertiary alicyclic amines) is 1. The Bertz CT molecular complexity index is 478. The molecule has 5 heteroatoms. The van der Waals surface area contributed by atoms with Crippen molar-refractivity contribution in [2.75, 3.05) is 12.3 Å². The van der Waals surface area contributed by atoms with Crippen LogP contribution in [-0.2, 0) is 0 Å². The minimum atomic E-state index is 0. The van der Waals surface area contributed by atoms with E-state index in [2.05, 4.69) is 9.88 Å². The Morgan fingerprint density at radius 3 is 2.75 bits per heavy atom. The maximum Gasteiger partial charge on any atom is 0.272 e. The summed E-state index contributed by atoms with van der Waals surface area (Å²) in [5, 5.41) is 0. The third kappa shape index (κ3) is 2.90. The highest BCUT2D eigenvalue weighted by molar-refractivity contribution is 5.93. The van der Waals surface area contributed by atoms with Gasteiger partial charge in [0.2, 0.25) is 0 Å². The second-order valence-electron chi connectivity index (χ2n) is 5.70. The lowest BCUT2D eigenvalue weighted by atomic mass is 9.78. The molecule has 1 aliphatic heterocycles. The molecule has 0 radical (unpaired) electrons. The quantitative estimate of drug-likeness (QED) is 0.866. The van der Waals surface area contributed by atoms with E-state index < -0.39 is 0 Å². The SMILES string of the molecule is Cl.Nc1cccc(C(=O)N2CCCC3CCCCC32)n1. The third-order valence-electron chi connectivity index (χ3n) is 4.49. The van der Waals surface area contributed by atoms with E-state index in [-0.39, 0.29) is 18.3 Å². The van der Waals surface area contributed by atoms with Crippen molar-refractivity contribution in [1.29, 1.82) is 0 Å². The van der Waals surface area contributed by atoms with Crippen molar-refractivity contribution >= 4 is 24.1 Å². The number of rotatable bonds is 1. The summed E-state index contributed by atoms with van der Waals surface area (Å²) in [7, 11) is 0. The van der Waals surface area contributed by atoms with Crippen LogP contribution in [-0.4, -0.2) is 28.4 Å². The van der Waals surface area contributed by atoms with Gasteiger partial charge in [-0.25, -0.2) is 4.98 Å². The largest absolute Gasteiger partial charge is 0.384 e. The van der Waals surface area contributed by atoms with E-state index in [1.54, 1.807) is 18.2 Å². The predicted molar refractivity (Wildman–Crippen MR) is 81.9 cm³/mol. The number of pyridine rings is 1. The normalized spacial score (nSPS) is 25.5. The first-order valence-corrected chi connectivity index (χ1v) is 7.29. The van der Waals surface area contributed by atoms with Crippen LogP contribution in [0.5, 0.6) is 0 Å². The third-order valence-corrected chi connectivity index (χ3v) is 4.49. The van der Waals surface area contributed by atoms with Crippen LogP contribution in [0, 0.1) is 5.92 Å². The molecule has 20 heavy (non-hydrogen) atoms. The molecule has 2 aliphatic rings. The smallest absolute Gasteiger partial charge is 0.272 e. The van der Waals surface area contributed by atoms with E-state index in [0.29, 0.717) is 23.5 Å². The first-order valence-electron chi connectivity index (χ1n) is 7.29. The number of hydrogen-bond acceptors (Lipinski definition) is 3. The van der Waals surface area contributed by atoms with E-state index in [9.17, 15) is 4.79 Å². The minimum absolute atomic E-state index is 0. The summed E-state index contributed by atoms with van der Waals surface area (Å²) < 4.78 is 0. The molecule has 1 saturated heterocycles. The Labute approximate surface area is 126 Å². The highest BCUT2D eigenvalue weighted by Crippen LogP contribution is 2.35. The fraction of sp³-hybridized carbons (Fsp3) is 0.600. The molecule has 2 heterocycles. The molecule has 2 N–H and O–H groups in total. The fourth-order valence-electron chi connectivity index (χ4n) is 3.59. The minimum Gasteiger partial charge on any atom is -0.384 e. The van der Waals surface area contributed by atoms with Gasteiger partial charge in [-0.1, -0.05) is 18.9 Å². The number of carbonyl (C=O) groups is 1. The van der Waals surface area contributed by atoms with Gasteiger partial charge in [-0.2, -0.15) is 0 Å². The monoisotopic (exact) mass is 295 g/mol. The lowest BCUT2D eigenvalue weighted by Crippen LogP contribution is -2.49. The molecule has 1 amide bonds. The summed E-state index contributed by atoms with van der Waals surface area (Å²) in [6, 6.07) is 5.72. The average Bonchev–Trinajstić information content (AvgIpc) is 2.46. The standard InChI is InChI=1S/C15H21N3O.ClH/c16-14-9-3-7-12(17-14)15(19)18-10-4-6-11-5-1-2-8-13(11)18;/h3,7,9,11,13H,1-2,4-6,8,10H2,(H2,16,17);1H. The van der Waals surface area contributed by atoms with Crippen molar-refractivity contribution in [2.24, 2.45) is 5.92 Å². The average molecular weight is 296 g/mol. The molecule has 3 rings (SSSR count). The first-order chi connectivity index (χ1) is 9.25. The zero-order valence-corrected chi connectivity index (χ0v) is 12.4. The summed E-state index contributed by atoms with van der Waals surface area (Å²) in [5.41, 5.74) is 6.17. The Kier molecular flexibility index (Phi) is 4.86. The van der Waals surface area contributed by atoms with Gasteiger partial charge >= 0.3 is 0 Å². The van der Waals surface area contributed by atoms with Crippen molar-refractivity contribution in [2.45, 2.75) is 44.6 Å². The van der Waals surface area contributed by atoms with Crippen LogP contribution in [0.25, 0.3) is 0 Å². The highest BCUT2D eigenvalue weighted by Gasteiger charge is 2.36. The topological polar surface area (TPSA) is 59.2 Å². The Hall–Kier alpha value is -1.29. The Balaban J connectivity index is 0.00000147. The lowest BCUT2D eigenvalue weighted by molar-refractivity contribution is 0.0385.